The predicted molar refractivity (Wildman–Crippen MR) is 77.2 cm³/mol. The van der Waals surface area contributed by atoms with Gasteiger partial charge in [0.2, 0.25) is 0 Å². The number of ether oxygens (including phenoxy) is 1. The molecular formula is C15H14N4O. The molecule has 20 heavy (non-hydrogen) atoms. The molecule has 0 atom stereocenters. The molecule has 3 heterocycles. The van der Waals surface area contributed by atoms with Gasteiger partial charge in [0.05, 0.1) is 18.5 Å². The number of aromatic nitrogens is 3. The average Bonchev–Trinajstić information content (AvgIpc) is 3.12. The predicted octanol–water partition coefficient (Wildman–Crippen LogP) is 2.37. The van der Waals surface area contributed by atoms with Gasteiger partial charge < -0.3 is 10.1 Å². The Morgan fingerprint density at radius 2 is 2.25 bits per heavy atom. The first-order valence-electron chi connectivity index (χ1n) is 6.63. The third kappa shape index (κ3) is 1.56. The lowest BCUT2D eigenvalue weighted by atomic mass is 10.1. The van der Waals surface area contributed by atoms with Crippen molar-refractivity contribution in [1.29, 1.82) is 0 Å². The van der Waals surface area contributed by atoms with E-state index in [2.05, 4.69) is 31.8 Å². The first kappa shape index (κ1) is 11.3. The molecule has 1 N–H and O–H groups in total. The maximum absolute atomic E-state index is 5.55. The van der Waals surface area contributed by atoms with E-state index in [4.69, 9.17) is 4.74 Å². The van der Waals surface area contributed by atoms with Gasteiger partial charge in [0.15, 0.2) is 11.5 Å². The molecule has 5 heteroatoms. The van der Waals surface area contributed by atoms with Crippen LogP contribution in [0.15, 0.2) is 36.8 Å². The molecule has 100 valence electrons. The molecule has 0 unspecified atom stereocenters. The Morgan fingerprint density at radius 1 is 1.30 bits per heavy atom. The minimum Gasteiger partial charge on any atom is -0.493 e. The summed E-state index contributed by atoms with van der Waals surface area (Å²) in [6.07, 6.45) is 6.57. The van der Waals surface area contributed by atoms with Crippen molar-refractivity contribution in [1.82, 2.24) is 14.4 Å². The van der Waals surface area contributed by atoms with Crippen LogP contribution in [0.3, 0.4) is 0 Å². The van der Waals surface area contributed by atoms with Gasteiger partial charge in [-0.15, -0.1) is 0 Å². The van der Waals surface area contributed by atoms with Crippen LogP contribution in [0.25, 0.3) is 16.9 Å². The summed E-state index contributed by atoms with van der Waals surface area (Å²) in [7, 11) is 1.85. The van der Waals surface area contributed by atoms with E-state index in [-0.39, 0.29) is 0 Å². The summed E-state index contributed by atoms with van der Waals surface area (Å²) in [5.41, 5.74) is 4.31. The fourth-order valence-electron chi connectivity index (χ4n) is 2.66. The number of benzene rings is 1. The highest BCUT2D eigenvalue weighted by Gasteiger charge is 2.15. The topological polar surface area (TPSA) is 51.5 Å². The Hall–Kier alpha value is -2.56. The smallest absolute Gasteiger partial charge is 0.180 e. The standard InChI is InChI=1S/C15H14N4O/c1-16-14-15-18-9-12(19(15)6-5-17-14)10-2-3-13-11(8-10)4-7-20-13/h2-3,5-6,8-9H,4,7H2,1H3,(H,16,17). The Labute approximate surface area is 116 Å². The summed E-state index contributed by atoms with van der Waals surface area (Å²) < 4.78 is 7.60. The minimum atomic E-state index is 0.778. The van der Waals surface area contributed by atoms with E-state index in [9.17, 15) is 0 Å². The maximum Gasteiger partial charge on any atom is 0.180 e. The van der Waals surface area contributed by atoms with Crippen molar-refractivity contribution in [3.63, 3.8) is 0 Å². The third-order valence-corrected chi connectivity index (χ3v) is 3.65. The molecule has 5 nitrogen and oxygen atoms in total. The number of nitrogens with zero attached hydrogens (tertiary/aromatic N) is 3. The van der Waals surface area contributed by atoms with Crippen molar-refractivity contribution in [2.45, 2.75) is 6.42 Å². The van der Waals surface area contributed by atoms with Gasteiger partial charge in [-0.25, -0.2) is 9.97 Å². The number of rotatable bonds is 2. The minimum absolute atomic E-state index is 0.778. The molecule has 4 rings (SSSR count). The number of hydrogen-bond acceptors (Lipinski definition) is 4. The van der Waals surface area contributed by atoms with Crippen molar-refractivity contribution >= 4 is 11.5 Å². The number of imidazole rings is 1. The van der Waals surface area contributed by atoms with Crippen LogP contribution in [0.2, 0.25) is 0 Å². The van der Waals surface area contributed by atoms with Crippen molar-refractivity contribution in [2.24, 2.45) is 0 Å². The molecule has 1 aromatic carbocycles. The zero-order chi connectivity index (χ0) is 13.5. The highest BCUT2D eigenvalue weighted by Crippen LogP contribution is 2.31. The maximum atomic E-state index is 5.55. The Kier molecular flexibility index (Phi) is 2.39. The van der Waals surface area contributed by atoms with Crippen LogP contribution in [0.4, 0.5) is 5.82 Å². The Balaban J connectivity index is 1.90. The first-order valence-corrected chi connectivity index (χ1v) is 6.63. The largest absolute Gasteiger partial charge is 0.493 e. The van der Waals surface area contributed by atoms with Crippen LogP contribution >= 0.6 is 0 Å². The van der Waals surface area contributed by atoms with E-state index in [0.29, 0.717) is 0 Å². The van der Waals surface area contributed by atoms with E-state index < -0.39 is 0 Å². The normalized spacial score (nSPS) is 13.2. The van der Waals surface area contributed by atoms with Gasteiger partial charge in [-0.05, 0) is 23.8 Å². The van der Waals surface area contributed by atoms with Gasteiger partial charge in [0.1, 0.15) is 5.75 Å². The summed E-state index contributed by atoms with van der Waals surface area (Å²) in [6.45, 7) is 0.778. The van der Waals surface area contributed by atoms with Gasteiger partial charge in [-0.2, -0.15) is 0 Å². The molecule has 0 aliphatic carbocycles. The van der Waals surface area contributed by atoms with Crippen LogP contribution < -0.4 is 10.1 Å². The molecule has 2 aromatic heterocycles. The highest BCUT2D eigenvalue weighted by atomic mass is 16.5. The Bertz CT molecular complexity index is 794. The monoisotopic (exact) mass is 266 g/mol. The molecule has 0 amide bonds. The second kappa shape index (κ2) is 4.23. The molecule has 0 fully saturated rings. The van der Waals surface area contributed by atoms with E-state index in [1.807, 2.05) is 25.5 Å². The lowest BCUT2D eigenvalue weighted by Gasteiger charge is -2.06. The van der Waals surface area contributed by atoms with Crippen LogP contribution in [0.5, 0.6) is 5.75 Å². The van der Waals surface area contributed by atoms with E-state index in [1.165, 1.54) is 5.56 Å². The quantitative estimate of drug-likeness (QED) is 0.773. The lowest BCUT2D eigenvalue weighted by molar-refractivity contribution is 0.357. The van der Waals surface area contributed by atoms with Gasteiger partial charge in [0, 0.05) is 31.4 Å². The zero-order valence-corrected chi connectivity index (χ0v) is 11.1. The van der Waals surface area contributed by atoms with Gasteiger partial charge in [-0.1, -0.05) is 0 Å². The van der Waals surface area contributed by atoms with Crippen LogP contribution in [-0.2, 0) is 6.42 Å². The lowest BCUT2D eigenvalue weighted by Crippen LogP contribution is -1.97. The molecule has 1 aliphatic rings. The number of hydrogen-bond donors (Lipinski definition) is 1. The third-order valence-electron chi connectivity index (χ3n) is 3.65. The van der Waals surface area contributed by atoms with Gasteiger partial charge in [0.25, 0.3) is 0 Å². The molecule has 0 bridgehead atoms. The SMILES string of the molecule is CNc1nccn2c(-c3ccc4c(c3)CCO4)cnc12. The highest BCUT2D eigenvalue weighted by molar-refractivity contribution is 5.71. The van der Waals surface area contributed by atoms with E-state index in [1.54, 1.807) is 6.20 Å². The Morgan fingerprint density at radius 3 is 3.15 bits per heavy atom. The van der Waals surface area contributed by atoms with Gasteiger partial charge >= 0.3 is 0 Å². The summed E-state index contributed by atoms with van der Waals surface area (Å²) in [6, 6.07) is 6.30. The molecule has 3 aromatic rings. The van der Waals surface area contributed by atoms with Crippen LogP contribution in [0, 0.1) is 0 Å². The second-order valence-corrected chi connectivity index (χ2v) is 4.78. The van der Waals surface area contributed by atoms with E-state index in [0.717, 1.165) is 41.5 Å². The summed E-state index contributed by atoms with van der Waals surface area (Å²) in [5, 5.41) is 3.06. The summed E-state index contributed by atoms with van der Waals surface area (Å²) >= 11 is 0. The molecule has 1 aliphatic heterocycles. The number of fused-ring (bicyclic) bond motifs is 2. The van der Waals surface area contributed by atoms with Crippen molar-refractivity contribution < 1.29 is 4.74 Å². The molecule has 0 saturated heterocycles. The van der Waals surface area contributed by atoms with E-state index >= 15 is 0 Å². The fourth-order valence-corrected chi connectivity index (χ4v) is 2.66. The van der Waals surface area contributed by atoms with Gasteiger partial charge in [-0.3, -0.25) is 4.40 Å². The first-order chi connectivity index (χ1) is 9.86. The molecule has 0 saturated carbocycles. The molecular weight excluding hydrogens is 252 g/mol. The number of nitrogens with one attached hydrogen (secondary N) is 1. The van der Waals surface area contributed by atoms with Crippen LogP contribution in [0.1, 0.15) is 5.56 Å². The van der Waals surface area contributed by atoms with Crippen molar-refractivity contribution in [3.8, 4) is 17.0 Å². The van der Waals surface area contributed by atoms with Crippen molar-refractivity contribution in [3.05, 3.63) is 42.4 Å². The summed E-state index contributed by atoms with van der Waals surface area (Å²) in [5.74, 6) is 1.78. The van der Waals surface area contributed by atoms with Crippen LogP contribution in [-0.4, -0.2) is 28.0 Å². The van der Waals surface area contributed by atoms with Crippen molar-refractivity contribution in [2.75, 3.05) is 19.0 Å². The number of anilines is 1. The second-order valence-electron chi connectivity index (χ2n) is 4.78. The zero-order valence-electron chi connectivity index (χ0n) is 11.1. The fraction of sp³-hybridized carbons (Fsp3) is 0.200. The average molecular weight is 266 g/mol. The summed E-state index contributed by atoms with van der Waals surface area (Å²) in [4.78, 5) is 8.74. The molecule has 0 radical (unpaired) electrons. The molecule has 0 spiro atoms.